The fraction of sp³-hybridized carbons (Fsp3) is 1.00. The summed E-state index contributed by atoms with van der Waals surface area (Å²) in [6, 6.07) is 0.698. The first-order valence-electron chi connectivity index (χ1n) is 6.65. The molecule has 0 aromatic heterocycles. The van der Waals surface area contributed by atoms with Gasteiger partial charge in [-0.25, -0.2) is 0 Å². The average Bonchev–Trinajstić information content (AvgIpc) is 2.43. The van der Waals surface area contributed by atoms with Crippen molar-refractivity contribution in [2.24, 2.45) is 5.92 Å². The van der Waals surface area contributed by atoms with Crippen molar-refractivity contribution in [2.45, 2.75) is 52.0 Å². The third kappa shape index (κ3) is 4.98. The topological polar surface area (TPSA) is 15.3 Å². The van der Waals surface area contributed by atoms with E-state index in [9.17, 15) is 0 Å². The van der Waals surface area contributed by atoms with Crippen LogP contribution < -0.4 is 5.32 Å². The predicted octanol–water partition coefficient (Wildman–Crippen LogP) is 2.50. The maximum absolute atomic E-state index is 3.44. The molecule has 1 aliphatic heterocycles. The Hall–Kier alpha value is -0.0800. The van der Waals surface area contributed by atoms with Gasteiger partial charge < -0.3 is 10.2 Å². The standard InChI is InChI=1S/C13H28N2/c1-4-6-13(14-3)11-15-9-5-7-12(2)8-10-15/h12-14H,4-11H2,1-3H3. The Labute approximate surface area is 95.4 Å². The number of likely N-dealkylation sites (tertiary alicyclic amines) is 1. The molecule has 1 aliphatic rings. The Morgan fingerprint density at radius 3 is 2.80 bits per heavy atom. The third-order valence-electron chi connectivity index (χ3n) is 3.63. The van der Waals surface area contributed by atoms with E-state index in [1.165, 1.54) is 51.7 Å². The highest BCUT2D eigenvalue weighted by Crippen LogP contribution is 2.16. The van der Waals surface area contributed by atoms with Crippen LogP contribution in [0.3, 0.4) is 0 Å². The van der Waals surface area contributed by atoms with Crippen molar-refractivity contribution in [2.75, 3.05) is 26.7 Å². The molecule has 0 saturated carbocycles. The molecule has 0 spiro atoms. The van der Waals surface area contributed by atoms with Gasteiger partial charge in [0.25, 0.3) is 0 Å². The lowest BCUT2D eigenvalue weighted by atomic mass is 10.0. The molecule has 1 rings (SSSR count). The molecule has 0 aliphatic carbocycles. The second kappa shape index (κ2) is 7.24. The van der Waals surface area contributed by atoms with Gasteiger partial charge in [0, 0.05) is 12.6 Å². The maximum atomic E-state index is 3.44. The van der Waals surface area contributed by atoms with E-state index in [1.54, 1.807) is 0 Å². The molecule has 1 heterocycles. The van der Waals surface area contributed by atoms with Crippen molar-refractivity contribution in [3.05, 3.63) is 0 Å². The zero-order valence-electron chi connectivity index (χ0n) is 10.8. The Balaban J connectivity index is 2.29. The Morgan fingerprint density at radius 1 is 1.33 bits per heavy atom. The summed E-state index contributed by atoms with van der Waals surface area (Å²) in [5.41, 5.74) is 0. The molecule has 0 bridgehead atoms. The lowest BCUT2D eigenvalue weighted by Gasteiger charge is -2.25. The van der Waals surface area contributed by atoms with Gasteiger partial charge in [-0.3, -0.25) is 0 Å². The second-order valence-electron chi connectivity index (χ2n) is 5.11. The van der Waals surface area contributed by atoms with Crippen molar-refractivity contribution in [1.82, 2.24) is 10.2 Å². The summed E-state index contributed by atoms with van der Waals surface area (Å²) in [5.74, 6) is 0.939. The predicted molar refractivity (Wildman–Crippen MR) is 67.2 cm³/mol. The molecule has 1 fully saturated rings. The van der Waals surface area contributed by atoms with E-state index in [-0.39, 0.29) is 0 Å². The van der Waals surface area contributed by atoms with Crippen LogP contribution in [-0.2, 0) is 0 Å². The van der Waals surface area contributed by atoms with Crippen molar-refractivity contribution < 1.29 is 0 Å². The second-order valence-corrected chi connectivity index (χ2v) is 5.11. The summed E-state index contributed by atoms with van der Waals surface area (Å²) < 4.78 is 0. The molecular formula is C13H28N2. The fourth-order valence-corrected chi connectivity index (χ4v) is 2.49. The van der Waals surface area contributed by atoms with Gasteiger partial charge in [-0.2, -0.15) is 0 Å². The van der Waals surface area contributed by atoms with Gasteiger partial charge in [0.2, 0.25) is 0 Å². The van der Waals surface area contributed by atoms with Gasteiger partial charge in [0.15, 0.2) is 0 Å². The van der Waals surface area contributed by atoms with Crippen LogP contribution in [0.4, 0.5) is 0 Å². The monoisotopic (exact) mass is 212 g/mol. The molecule has 2 atom stereocenters. The van der Waals surface area contributed by atoms with Crippen molar-refractivity contribution in [3.8, 4) is 0 Å². The van der Waals surface area contributed by atoms with E-state index >= 15 is 0 Å². The van der Waals surface area contributed by atoms with Crippen LogP contribution in [0.15, 0.2) is 0 Å². The highest BCUT2D eigenvalue weighted by atomic mass is 15.1. The highest BCUT2D eigenvalue weighted by molar-refractivity contribution is 4.73. The lowest BCUT2D eigenvalue weighted by molar-refractivity contribution is 0.246. The Bertz CT molecular complexity index is 159. The molecule has 15 heavy (non-hydrogen) atoms. The molecule has 1 N–H and O–H groups in total. The SMILES string of the molecule is CCCC(CN1CCCC(C)CC1)NC. The minimum absolute atomic E-state index is 0.698. The van der Waals surface area contributed by atoms with Crippen LogP contribution in [0, 0.1) is 5.92 Å². The quantitative estimate of drug-likeness (QED) is 0.753. The minimum Gasteiger partial charge on any atom is -0.316 e. The van der Waals surface area contributed by atoms with Crippen LogP contribution in [-0.4, -0.2) is 37.6 Å². The maximum Gasteiger partial charge on any atom is 0.0191 e. The summed E-state index contributed by atoms with van der Waals surface area (Å²) in [6.07, 6.45) is 6.80. The first kappa shape index (κ1) is 13.0. The summed E-state index contributed by atoms with van der Waals surface area (Å²) in [6.45, 7) is 8.53. The molecule has 0 amide bonds. The Kier molecular flexibility index (Phi) is 6.26. The molecule has 2 nitrogen and oxygen atoms in total. The smallest absolute Gasteiger partial charge is 0.0191 e. The molecule has 0 radical (unpaired) electrons. The number of rotatable bonds is 5. The Morgan fingerprint density at radius 2 is 2.13 bits per heavy atom. The van der Waals surface area contributed by atoms with Crippen LogP contribution in [0.5, 0.6) is 0 Å². The van der Waals surface area contributed by atoms with E-state index in [0.717, 1.165) is 5.92 Å². The van der Waals surface area contributed by atoms with Gasteiger partial charge in [0.1, 0.15) is 0 Å². The van der Waals surface area contributed by atoms with Gasteiger partial charge in [-0.05, 0) is 51.7 Å². The van der Waals surface area contributed by atoms with Crippen molar-refractivity contribution in [3.63, 3.8) is 0 Å². The molecular weight excluding hydrogens is 184 g/mol. The van der Waals surface area contributed by atoms with Gasteiger partial charge >= 0.3 is 0 Å². The minimum atomic E-state index is 0.698. The number of nitrogens with one attached hydrogen (secondary N) is 1. The summed E-state index contributed by atoms with van der Waals surface area (Å²) in [5, 5.41) is 3.44. The van der Waals surface area contributed by atoms with Gasteiger partial charge in [-0.15, -0.1) is 0 Å². The summed E-state index contributed by atoms with van der Waals surface area (Å²) in [4.78, 5) is 2.65. The molecule has 0 aromatic rings. The van der Waals surface area contributed by atoms with E-state index in [0.29, 0.717) is 6.04 Å². The number of hydrogen-bond acceptors (Lipinski definition) is 2. The highest BCUT2D eigenvalue weighted by Gasteiger charge is 2.16. The summed E-state index contributed by atoms with van der Waals surface area (Å²) in [7, 11) is 2.10. The van der Waals surface area contributed by atoms with Crippen molar-refractivity contribution in [1.29, 1.82) is 0 Å². The van der Waals surface area contributed by atoms with E-state index in [1.807, 2.05) is 0 Å². The van der Waals surface area contributed by atoms with Crippen molar-refractivity contribution >= 4 is 0 Å². The summed E-state index contributed by atoms with van der Waals surface area (Å²) >= 11 is 0. The largest absolute Gasteiger partial charge is 0.316 e. The molecule has 1 saturated heterocycles. The van der Waals surface area contributed by atoms with E-state index in [2.05, 4.69) is 31.1 Å². The lowest BCUT2D eigenvalue weighted by Crippen LogP contribution is -2.39. The van der Waals surface area contributed by atoms with Gasteiger partial charge in [0.05, 0.1) is 0 Å². The van der Waals surface area contributed by atoms with E-state index < -0.39 is 0 Å². The molecule has 0 aromatic carbocycles. The fourth-order valence-electron chi connectivity index (χ4n) is 2.49. The van der Waals surface area contributed by atoms with Crippen LogP contribution in [0.1, 0.15) is 46.0 Å². The first-order chi connectivity index (χ1) is 7.26. The number of nitrogens with zero attached hydrogens (tertiary/aromatic N) is 1. The van der Waals surface area contributed by atoms with E-state index in [4.69, 9.17) is 0 Å². The van der Waals surface area contributed by atoms with Crippen LogP contribution in [0.2, 0.25) is 0 Å². The van der Waals surface area contributed by atoms with Gasteiger partial charge in [-0.1, -0.05) is 20.3 Å². The molecule has 2 heteroatoms. The third-order valence-corrected chi connectivity index (χ3v) is 3.63. The number of hydrogen-bond donors (Lipinski definition) is 1. The first-order valence-corrected chi connectivity index (χ1v) is 6.65. The zero-order chi connectivity index (χ0) is 11.1. The number of likely N-dealkylation sites (N-methyl/N-ethyl adjacent to an activating group) is 1. The molecule has 90 valence electrons. The average molecular weight is 212 g/mol. The van der Waals surface area contributed by atoms with Crippen LogP contribution >= 0.6 is 0 Å². The zero-order valence-corrected chi connectivity index (χ0v) is 10.8. The molecule has 2 unspecified atom stereocenters. The van der Waals surface area contributed by atoms with Crippen LogP contribution in [0.25, 0.3) is 0 Å². The normalized spacial score (nSPS) is 26.2.